The van der Waals surface area contributed by atoms with Gasteiger partial charge in [0.15, 0.2) is 10.8 Å². The van der Waals surface area contributed by atoms with Gasteiger partial charge in [0.2, 0.25) is 0 Å². The summed E-state index contributed by atoms with van der Waals surface area (Å²) in [6.45, 7) is 0. The fraction of sp³-hybridized carbons (Fsp3) is 0.316. The number of rotatable bonds is 0. The fourth-order valence-corrected chi connectivity index (χ4v) is 4.84. The molecule has 0 N–H and O–H groups in total. The molecule has 0 aromatic heterocycles. The maximum atomic E-state index is 13.0. The third-order valence-electron chi connectivity index (χ3n) is 5.85. The van der Waals surface area contributed by atoms with E-state index in [4.69, 9.17) is 0 Å². The van der Waals surface area contributed by atoms with Gasteiger partial charge in [0.25, 0.3) is 0 Å². The molecule has 1 saturated carbocycles. The third-order valence-corrected chi connectivity index (χ3v) is 5.85. The number of nitriles is 4. The zero-order chi connectivity index (χ0) is 17.1. The molecule has 0 unspecified atom stereocenters. The number of allylic oxidation sites excluding steroid dienone is 2. The number of carbonyl (C=O) groups is 1. The van der Waals surface area contributed by atoms with Crippen molar-refractivity contribution in [2.24, 2.45) is 22.7 Å². The van der Waals surface area contributed by atoms with E-state index in [0.717, 1.165) is 11.1 Å². The molecule has 3 aliphatic carbocycles. The summed E-state index contributed by atoms with van der Waals surface area (Å²) in [7, 11) is 0. The average molecular weight is 310 g/mol. The van der Waals surface area contributed by atoms with Crippen molar-refractivity contribution in [2.75, 3.05) is 0 Å². The number of ketones is 1. The van der Waals surface area contributed by atoms with Gasteiger partial charge in [-0.05, 0) is 11.1 Å². The molecular weight excluding hydrogens is 300 g/mol. The number of benzene rings is 1. The molecule has 1 aromatic rings. The predicted octanol–water partition coefficient (Wildman–Crippen LogP) is 2.32. The molecule has 112 valence electrons. The van der Waals surface area contributed by atoms with Crippen LogP contribution in [-0.4, -0.2) is 5.78 Å². The lowest BCUT2D eigenvalue weighted by atomic mass is 9.60. The lowest BCUT2D eigenvalue weighted by Crippen LogP contribution is -2.39. The van der Waals surface area contributed by atoms with Crippen LogP contribution in [0.25, 0.3) is 0 Å². The summed E-state index contributed by atoms with van der Waals surface area (Å²) in [6.07, 6.45) is 3.41. The highest BCUT2D eigenvalue weighted by Gasteiger charge is 2.75. The predicted molar refractivity (Wildman–Crippen MR) is 80.4 cm³/mol. The van der Waals surface area contributed by atoms with E-state index in [1.807, 2.05) is 36.4 Å². The molecule has 4 rings (SSSR count). The number of hydrogen-bond acceptors (Lipinski definition) is 5. The van der Waals surface area contributed by atoms with E-state index in [1.165, 1.54) is 0 Å². The molecule has 3 aliphatic rings. The standard InChI is InChI=1S/C19H10N4O/c20-7-18(8-21)14-6-5-13-11-3-1-2-4-12(11)16(15(14)17(13)24)19(18,9-22)10-23/h1-6,13-16H/t13-,14+,15-,16+/m1/s1. The Bertz CT molecular complexity index is 950. The van der Waals surface area contributed by atoms with Gasteiger partial charge < -0.3 is 0 Å². The van der Waals surface area contributed by atoms with Gasteiger partial charge in [-0.15, -0.1) is 0 Å². The normalized spacial score (nSPS) is 32.6. The Morgan fingerprint density at radius 1 is 0.833 bits per heavy atom. The van der Waals surface area contributed by atoms with E-state index < -0.39 is 34.5 Å². The van der Waals surface area contributed by atoms with Crippen molar-refractivity contribution in [3.8, 4) is 24.3 Å². The minimum Gasteiger partial charge on any atom is -0.298 e. The molecule has 0 spiro atoms. The molecule has 0 heterocycles. The molecule has 1 aromatic carbocycles. The maximum absolute atomic E-state index is 13.0. The van der Waals surface area contributed by atoms with E-state index in [9.17, 15) is 25.8 Å². The number of nitrogens with zero attached hydrogens (tertiary/aromatic N) is 4. The molecule has 5 nitrogen and oxygen atoms in total. The number of carbonyl (C=O) groups excluding carboxylic acids is 1. The highest BCUT2D eigenvalue weighted by atomic mass is 16.1. The quantitative estimate of drug-likeness (QED) is 0.682. The molecule has 0 saturated heterocycles. The van der Waals surface area contributed by atoms with Crippen LogP contribution < -0.4 is 0 Å². The minimum absolute atomic E-state index is 0.103. The largest absolute Gasteiger partial charge is 0.298 e. The second-order valence-corrected chi connectivity index (χ2v) is 6.49. The lowest BCUT2D eigenvalue weighted by molar-refractivity contribution is -0.125. The van der Waals surface area contributed by atoms with Crippen LogP contribution in [0, 0.1) is 68.0 Å². The Morgan fingerprint density at radius 3 is 2.00 bits per heavy atom. The average Bonchev–Trinajstić information content (AvgIpc) is 2.90. The van der Waals surface area contributed by atoms with Crippen LogP contribution in [0.15, 0.2) is 36.4 Å². The van der Waals surface area contributed by atoms with Crippen molar-refractivity contribution in [1.29, 1.82) is 21.0 Å². The molecule has 24 heavy (non-hydrogen) atoms. The van der Waals surface area contributed by atoms with Gasteiger partial charge in [0.05, 0.1) is 30.2 Å². The summed E-state index contributed by atoms with van der Waals surface area (Å²) in [6, 6.07) is 15.1. The van der Waals surface area contributed by atoms with Gasteiger partial charge in [-0.2, -0.15) is 21.0 Å². The Labute approximate surface area is 138 Å². The Kier molecular flexibility index (Phi) is 2.56. The number of fused-ring (bicyclic) bond motifs is 4. The van der Waals surface area contributed by atoms with Gasteiger partial charge in [0.1, 0.15) is 5.78 Å². The van der Waals surface area contributed by atoms with Gasteiger partial charge in [-0.25, -0.2) is 0 Å². The van der Waals surface area contributed by atoms with Crippen LogP contribution in [0.1, 0.15) is 23.0 Å². The zero-order valence-corrected chi connectivity index (χ0v) is 12.5. The second-order valence-electron chi connectivity index (χ2n) is 6.49. The van der Waals surface area contributed by atoms with Crippen LogP contribution in [0.2, 0.25) is 0 Å². The molecule has 0 aliphatic heterocycles. The summed E-state index contributed by atoms with van der Waals surface area (Å²) >= 11 is 0. The van der Waals surface area contributed by atoms with Crippen molar-refractivity contribution in [3.05, 3.63) is 47.5 Å². The first-order valence-electron chi connectivity index (χ1n) is 7.57. The maximum Gasteiger partial charge on any atom is 0.183 e. The fourth-order valence-electron chi connectivity index (χ4n) is 4.84. The van der Waals surface area contributed by atoms with Crippen LogP contribution in [0.5, 0.6) is 0 Å². The van der Waals surface area contributed by atoms with Gasteiger partial charge >= 0.3 is 0 Å². The molecular formula is C19H10N4O. The third kappa shape index (κ3) is 1.19. The molecule has 0 amide bonds. The first-order valence-corrected chi connectivity index (χ1v) is 7.57. The number of Topliss-reactive ketones (excluding diaryl/α,β-unsaturated/α-hetero) is 1. The van der Waals surface area contributed by atoms with Gasteiger partial charge in [-0.3, -0.25) is 4.79 Å². The van der Waals surface area contributed by atoms with Crippen molar-refractivity contribution in [3.63, 3.8) is 0 Å². The molecule has 1 fully saturated rings. The Hall–Kier alpha value is -3.41. The summed E-state index contributed by atoms with van der Waals surface area (Å²) < 4.78 is 0. The second kappa shape index (κ2) is 4.32. The van der Waals surface area contributed by atoms with Crippen LogP contribution in [0.4, 0.5) is 0 Å². The van der Waals surface area contributed by atoms with Crippen molar-refractivity contribution in [1.82, 2.24) is 0 Å². The summed E-state index contributed by atoms with van der Waals surface area (Å²) in [5.74, 6) is -2.72. The Morgan fingerprint density at radius 2 is 1.42 bits per heavy atom. The summed E-state index contributed by atoms with van der Waals surface area (Å²) in [5, 5.41) is 39.4. The summed E-state index contributed by atoms with van der Waals surface area (Å²) in [5.41, 5.74) is -2.24. The van der Waals surface area contributed by atoms with E-state index in [2.05, 4.69) is 0 Å². The van der Waals surface area contributed by atoms with E-state index in [0.29, 0.717) is 0 Å². The first-order chi connectivity index (χ1) is 11.6. The molecule has 2 bridgehead atoms. The van der Waals surface area contributed by atoms with Crippen molar-refractivity contribution < 1.29 is 4.79 Å². The van der Waals surface area contributed by atoms with E-state index in [-0.39, 0.29) is 5.78 Å². The smallest absolute Gasteiger partial charge is 0.183 e. The van der Waals surface area contributed by atoms with Gasteiger partial charge in [-0.1, -0.05) is 36.4 Å². The Balaban J connectivity index is 2.18. The van der Waals surface area contributed by atoms with Crippen LogP contribution in [-0.2, 0) is 4.79 Å². The van der Waals surface area contributed by atoms with Crippen LogP contribution in [0.3, 0.4) is 0 Å². The first kappa shape index (κ1) is 14.2. The minimum atomic E-state index is -1.88. The van der Waals surface area contributed by atoms with Crippen molar-refractivity contribution >= 4 is 5.78 Å². The van der Waals surface area contributed by atoms with Crippen molar-refractivity contribution in [2.45, 2.75) is 11.8 Å². The SMILES string of the molecule is N#CC1(C#N)[C@H]2C=C[C@H]3C(=O)[C@H]2[C@H](c2ccccc23)C1(C#N)C#N. The highest BCUT2D eigenvalue weighted by Crippen LogP contribution is 2.69. The molecule has 4 atom stereocenters. The van der Waals surface area contributed by atoms with Crippen LogP contribution >= 0.6 is 0 Å². The zero-order valence-electron chi connectivity index (χ0n) is 12.5. The van der Waals surface area contributed by atoms with E-state index in [1.54, 1.807) is 24.3 Å². The molecule has 0 radical (unpaired) electrons. The molecule has 5 heteroatoms. The van der Waals surface area contributed by atoms with Gasteiger partial charge in [0, 0.05) is 17.8 Å². The highest BCUT2D eigenvalue weighted by molar-refractivity contribution is 5.96. The monoisotopic (exact) mass is 310 g/mol. The topological polar surface area (TPSA) is 112 Å². The summed E-state index contributed by atoms with van der Waals surface area (Å²) in [4.78, 5) is 13.0. The lowest BCUT2D eigenvalue weighted by Gasteiger charge is -2.37. The van der Waals surface area contributed by atoms with E-state index >= 15 is 0 Å². The number of hydrogen-bond donors (Lipinski definition) is 0.